The number of benzene rings is 3. The summed E-state index contributed by atoms with van der Waals surface area (Å²) in [5.41, 5.74) is 2.05. The predicted molar refractivity (Wildman–Crippen MR) is 145 cm³/mol. The van der Waals surface area contributed by atoms with Gasteiger partial charge in [-0.15, -0.1) is 0 Å². The Balaban J connectivity index is 1.30. The highest BCUT2D eigenvalue weighted by Gasteiger charge is 2.30. The number of thioether (sulfide) groups is 1. The molecule has 10 heteroatoms. The van der Waals surface area contributed by atoms with Crippen molar-refractivity contribution >= 4 is 38.6 Å². The van der Waals surface area contributed by atoms with Gasteiger partial charge in [0, 0.05) is 26.2 Å². The van der Waals surface area contributed by atoms with Gasteiger partial charge in [0.1, 0.15) is 0 Å². The van der Waals surface area contributed by atoms with Crippen molar-refractivity contribution in [2.45, 2.75) is 17.0 Å². The number of aromatic nitrogens is 2. The van der Waals surface area contributed by atoms with Crippen molar-refractivity contribution in [2.24, 2.45) is 0 Å². The van der Waals surface area contributed by atoms with Gasteiger partial charge in [0.15, 0.2) is 5.16 Å². The minimum atomic E-state index is -3.60. The lowest BCUT2D eigenvalue weighted by molar-refractivity contribution is -0.129. The number of carbonyl (C=O) groups is 1. The van der Waals surface area contributed by atoms with Gasteiger partial charge in [-0.3, -0.25) is 14.2 Å². The fourth-order valence-corrected chi connectivity index (χ4v) is 6.61. The van der Waals surface area contributed by atoms with Crippen molar-refractivity contribution in [2.75, 3.05) is 31.9 Å². The topological polar surface area (TPSA) is 92.6 Å². The zero-order chi connectivity index (χ0) is 26.0. The molecule has 37 heavy (non-hydrogen) atoms. The van der Waals surface area contributed by atoms with E-state index in [1.165, 1.54) is 20.6 Å². The van der Waals surface area contributed by atoms with Gasteiger partial charge in [-0.25, -0.2) is 13.4 Å². The van der Waals surface area contributed by atoms with Crippen LogP contribution in [0.15, 0.2) is 93.7 Å². The lowest BCUT2D eigenvalue weighted by atomic mass is 10.2. The summed E-state index contributed by atoms with van der Waals surface area (Å²) < 4.78 is 28.9. The highest BCUT2D eigenvalue weighted by atomic mass is 32.2. The maximum Gasteiger partial charge on any atom is 0.266 e. The van der Waals surface area contributed by atoms with Gasteiger partial charge in [-0.1, -0.05) is 59.8 Å². The van der Waals surface area contributed by atoms with E-state index in [0.717, 1.165) is 5.56 Å². The van der Waals surface area contributed by atoms with Gasteiger partial charge in [-0.05, 0) is 43.3 Å². The maximum atomic E-state index is 13.3. The number of carbonyl (C=O) groups excluding carboxylic acids is 1. The number of aryl methyl sites for hydroxylation is 1. The van der Waals surface area contributed by atoms with Crippen molar-refractivity contribution in [3.8, 4) is 5.69 Å². The van der Waals surface area contributed by atoms with E-state index in [-0.39, 0.29) is 35.2 Å². The minimum absolute atomic E-state index is 0.0856. The highest BCUT2D eigenvalue weighted by Crippen LogP contribution is 2.23. The van der Waals surface area contributed by atoms with Gasteiger partial charge in [0.05, 0.1) is 27.2 Å². The molecule has 0 spiro atoms. The molecule has 8 nitrogen and oxygen atoms in total. The number of fused-ring (bicyclic) bond motifs is 1. The van der Waals surface area contributed by atoms with E-state index in [2.05, 4.69) is 4.98 Å². The van der Waals surface area contributed by atoms with Crippen LogP contribution in [-0.2, 0) is 14.8 Å². The van der Waals surface area contributed by atoms with Crippen LogP contribution < -0.4 is 5.56 Å². The first-order valence-corrected chi connectivity index (χ1v) is 14.3. The largest absolute Gasteiger partial charge is 0.339 e. The standard InChI is InChI=1S/C27H26N4O4S2/c1-20-11-13-22(14-12-20)37(34,35)30-17-15-29(16-18-30)25(32)19-36-27-28-24-10-6-5-9-23(24)26(33)31(27)21-7-3-2-4-8-21/h2-14H,15-19H2,1H3. The normalized spacial score (nSPS) is 14.7. The van der Waals surface area contributed by atoms with E-state index in [1.807, 2.05) is 43.3 Å². The molecular weight excluding hydrogens is 508 g/mol. The Morgan fingerprint density at radius 2 is 1.54 bits per heavy atom. The Kier molecular flexibility index (Phi) is 7.14. The summed E-state index contributed by atoms with van der Waals surface area (Å²) in [6.45, 7) is 2.98. The average Bonchev–Trinajstić information content (AvgIpc) is 2.92. The first kappa shape index (κ1) is 25.2. The molecular formula is C27H26N4O4S2. The lowest BCUT2D eigenvalue weighted by Gasteiger charge is -2.34. The molecule has 0 saturated carbocycles. The fraction of sp³-hybridized carbons (Fsp3) is 0.222. The van der Waals surface area contributed by atoms with Gasteiger partial charge in [-0.2, -0.15) is 4.31 Å². The summed E-state index contributed by atoms with van der Waals surface area (Å²) >= 11 is 1.21. The number of hydrogen-bond donors (Lipinski definition) is 0. The molecule has 190 valence electrons. The number of rotatable bonds is 6. The first-order chi connectivity index (χ1) is 17.8. The molecule has 0 N–H and O–H groups in total. The van der Waals surface area contributed by atoms with E-state index >= 15 is 0 Å². The molecule has 1 saturated heterocycles. The van der Waals surface area contributed by atoms with E-state index in [0.29, 0.717) is 34.8 Å². The Morgan fingerprint density at radius 1 is 0.892 bits per heavy atom. The summed E-state index contributed by atoms with van der Waals surface area (Å²) in [6.07, 6.45) is 0. The number of sulfonamides is 1. The molecule has 1 amide bonds. The number of nitrogens with zero attached hydrogens (tertiary/aromatic N) is 4. The summed E-state index contributed by atoms with van der Waals surface area (Å²) in [7, 11) is -3.60. The molecule has 0 aliphatic carbocycles. The van der Waals surface area contributed by atoms with Crippen LogP contribution in [0.1, 0.15) is 5.56 Å². The van der Waals surface area contributed by atoms with E-state index in [1.54, 1.807) is 47.4 Å². The second kappa shape index (κ2) is 10.5. The third-order valence-electron chi connectivity index (χ3n) is 6.33. The van der Waals surface area contributed by atoms with Crippen LogP contribution in [0.4, 0.5) is 0 Å². The van der Waals surface area contributed by atoms with E-state index in [9.17, 15) is 18.0 Å². The highest BCUT2D eigenvalue weighted by molar-refractivity contribution is 7.99. The monoisotopic (exact) mass is 534 g/mol. The first-order valence-electron chi connectivity index (χ1n) is 11.9. The van der Waals surface area contributed by atoms with Crippen molar-refractivity contribution in [1.29, 1.82) is 0 Å². The number of amides is 1. The molecule has 1 aliphatic rings. The molecule has 0 atom stereocenters. The lowest BCUT2D eigenvalue weighted by Crippen LogP contribution is -2.51. The SMILES string of the molecule is Cc1ccc(S(=O)(=O)N2CCN(C(=O)CSc3nc4ccccc4c(=O)n3-c3ccccc3)CC2)cc1. The third kappa shape index (κ3) is 5.18. The van der Waals surface area contributed by atoms with E-state index in [4.69, 9.17) is 0 Å². The second-order valence-corrected chi connectivity index (χ2v) is 11.7. The fourth-order valence-electron chi connectivity index (χ4n) is 4.27. The molecule has 0 unspecified atom stereocenters. The molecule has 0 bridgehead atoms. The Hall–Kier alpha value is -3.47. The summed E-state index contributed by atoms with van der Waals surface area (Å²) in [5, 5.41) is 0.941. The molecule has 2 heterocycles. The molecule has 0 radical (unpaired) electrons. The van der Waals surface area contributed by atoms with Crippen LogP contribution in [0.5, 0.6) is 0 Å². The van der Waals surface area contributed by atoms with Gasteiger partial charge in [0.2, 0.25) is 15.9 Å². The van der Waals surface area contributed by atoms with Crippen LogP contribution in [0.2, 0.25) is 0 Å². The van der Waals surface area contributed by atoms with Crippen LogP contribution in [0.3, 0.4) is 0 Å². The molecule has 1 aliphatic heterocycles. The van der Waals surface area contributed by atoms with Gasteiger partial charge in [0.25, 0.3) is 5.56 Å². The van der Waals surface area contributed by atoms with Crippen LogP contribution in [-0.4, -0.2) is 65.0 Å². The van der Waals surface area contributed by atoms with E-state index < -0.39 is 10.0 Å². The predicted octanol–water partition coefficient (Wildman–Crippen LogP) is 3.32. The third-order valence-corrected chi connectivity index (χ3v) is 9.17. The summed E-state index contributed by atoms with van der Waals surface area (Å²) in [5.74, 6) is -0.0399. The molecule has 5 rings (SSSR count). The number of piperazine rings is 1. The quantitative estimate of drug-likeness (QED) is 0.278. The second-order valence-electron chi connectivity index (χ2n) is 8.77. The zero-order valence-electron chi connectivity index (χ0n) is 20.3. The van der Waals surface area contributed by atoms with Gasteiger partial charge >= 0.3 is 0 Å². The van der Waals surface area contributed by atoms with Crippen LogP contribution in [0, 0.1) is 6.92 Å². The maximum absolute atomic E-state index is 13.3. The molecule has 4 aromatic rings. The van der Waals surface area contributed by atoms with Crippen LogP contribution >= 0.6 is 11.8 Å². The Bertz CT molecular complexity index is 1600. The van der Waals surface area contributed by atoms with Crippen molar-refractivity contribution in [3.63, 3.8) is 0 Å². The zero-order valence-corrected chi connectivity index (χ0v) is 21.9. The van der Waals surface area contributed by atoms with Crippen molar-refractivity contribution in [3.05, 3.63) is 94.8 Å². The minimum Gasteiger partial charge on any atom is -0.339 e. The summed E-state index contributed by atoms with van der Waals surface area (Å²) in [6, 6.07) is 23.2. The Morgan fingerprint density at radius 3 is 2.24 bits per heavy atom. The average molecular weight is 535 g/mol. The molecule has 1 fully saturated rings. The van der Waals surface area contributed by atoms with Crippen molar-refractivity contribution < 1.29 is 13.2 Å². The number of hydrogen-bond acceptors (Lipinski definition) is 6. The van der Waals surface area contributed by atoms with Crippen LogP contribution in [0.25, 0.3) is 16.6 Å². The Labute approximate surface area is 219 Å². The van der Waals surface area contributed by atoms with Gasteiger partial charge < -0.3 is 4.90 Å². The number of para-hydroxylation sites is 2. The molecule has 1 aromatic heterocycles. The van der Waals surface area contributed by atoms with Crippen molar-refractivity contribution in [1.82, 2.24) is 18.8 Å². The summed E-state index contributed by atoms with van der Waals surface area (Å²) in [4.78, 5) is 33.0. The smallest absolute Gasteiger partial charge is 0.266 e. The molecule has 3 aromatic carbocycles.